The van der Waals surface area contributed by atoms with E-state index in [9.17, 15) is 4.79 Å². The van der Waals surface area contributed by atoms with Gasteiger partial charge >= 0.3 is 0 Å². The molecule has 0 spiro atoms. The van der Waals surface area contributed by atoms with Gasteiger partial charge in [-0.3, -0.25) is 4.79 Å². The molecule has 4 heteroatoms. The molecule has 1 aromatic heterocycles. The molecule has 1 heterocycles. The number of carbonyl (C=O) groups is 1. The molecular weight excluding hydrogens is 250 g/mol. The Morgan fingerprint density at radius 1 is 1.35 bits per heavy atom. The third-order valence-corrected chi connectivity index (χ3v) is 3.02. The molecule has 0 atom stereocenters. The van der Waals surface area contributed by atoms with Crippen LogP contribution in [0.5, 0.6) is 0 Å². The molecule has 0 aliphatic carbocycles. The van der Waals surface area contributed by atoms with Gasteiger partial charge in [0.2, 0.25) is 5.91 Å². The number of rotatable bonds is 6. The van der Waals surface area contributed by atoms with Crippen molar-refractivity contribution < 1.29 is 4.79 Å². The largest absolute Gasteiger partial charge is 0.345 e. The molecule has 1 N–H and O–H groups in total. The number of nitrogens with zero attached hydrogens (tertiary/aromatic N) is 2. The maximum Gasteiger partial charge on any atom is 0.244 e. The summed E-state index contributed by atoms with van der Waals surface area (Å²) in [6.45, 7) is 3.13. The second kappa shape index (κ2) is 7.28. The lowest BCUT2D eigenvalue weighted by molar-refractivity contribution is -0.116. The van der Waals surface area contributed by atoms with Crippen LogP contribution in [-0.2, 0) is 24.3 Å². The first-order valence-corrected chi connectivity index (χ1v) is 6.74. The van der Waals surface area contributed by atoms with Crippen molar-refractivity contribution in [2.24, 2.45) is 0 Å². The Labute approximate surface area is 119 Å². The summed E-state index contributed by atoms with van der Waals surface area (Å²) >= 11 is 0. The average Bonchev–Trinajstić information content (AvgIpc) is 2.92. The van der Waals surface area contributed by atoms with Gasteiger partial charge in [-0.15, -0.1) is 0 Å². The topological polar surface area (TPSA) is 46.9 Å². The quantitative estimate of drug-likeness (QED) is 0.818. The summed E-state index contributed by atoms with van der Waals surface area (Å²) in [6, 6.07) is 10.3. The Kier molecular flexibility index (Phi) is 5.12. The average molecular weight is 269 g/mol. The Bertz CT molecular complexity index is 572. The van der Waals surface area contributed by atoms with Gasteiger partial charge in [0.15, 0.2) is 0 Å². The Balaban J connectivity index is 1.90. The van der Waals surface area contributed by atoms with Crippen molar-refractivity contribution in [1.82, 2.24) is 14.9 Å². The predicted molar refractivity (Wildman–Crippen MR) is 79.0 cm³/mol. The minimum absolute atomic E-state index is 0.0925. The molecule has 2 aromatic rings. The molecule has 104 valence electrons. The van der Waals surface area contributed by atoms with E-state index in [1.54, 1.807) is 12.3 Å². The van der Waals surface area contributed by atoms with Gasteiger partial charge in [-0.1, -0.05) is 36.4 Å². The molecule has 0 saturated heterocycles. The third-order valence-electron chi connectivity index (χ3n) is 3.02. The lowest BCUT2D eigenvalue weighted by Crippen LogP contribution is -2.22. The van der Waals surface area contributed by atoms with Crippen LogP contribution >= 0.6 is 0 Å². The van der Waals surface area contributed by atoms with E-state index in [0.29, 0.717) is 6.54 Å². The van der Waals surface area contributed by atoms with Gasteiger partial charge in [-0.25, -0.2) is 4.98 Å². The summed E-state index contributed by atoms with van der Waals surface area (Å²) in [7, 11) is 0. The van der Waals surface area contributed by atoms with E-state index in [0.717, 1.165) is 18.8 Å². The number of amides is 1. The van der Waals surface area contributed by atoms with Crippen molar-refractivity contribution in [1.29, 1.82) is 0 Å². The van der Waals surface area contributed by atoms with E-state index in [2.05, 4.69) is 27.0 Å². The van der Waals surface area contributed by atoms with Crippen molar-refractivity contribution in [3.63, 3.8) is 0 Å². The summed E-state index contributed by atoms with van der Waals surface area (Å²) < 4.78 is 2.07. The van der Waals surface area contributed by atoms with Crippen molar-refractivity contribution in [2.75, 3.05) is 0 Å². The number of carbonyl (C=O) groups excluding carboxylic acids is 1. The Morgan fingerprint density at radius 2 is 2.15 bits per heavy atom. The van der Waals surface area contributed by atoms with Crippen molar-refractivity contribution in [3.8, 4) is 0 Å². The molecule has 1 amide bonds. The van der Waals surface area contributed by atoms with Gasteiger partial charge in [0.1, 0.15) is 5.82 Å². The summed E-state index contributed by atoms with van der Waals surface area (Å²) in [6.07, 6.45) is 7.89. The van der Waals surface area contributed by atoms with Crippen molar-refractivity contribution >= 4 is 5.91 Å². The minimum Gasteiger partial charge on any atom is -0.345 e. The third kappa shape index (κ3) is 4.09. The highest BCUT2D eigenvalue weighted by atomic mass is 16.1. The molecular formula is C16H19N3O. The lowest BCUT2D eigenvalue weighted by atomic mass is 10.1. The molecule has 1 aromatic carbocycles. The normalized spacial score (nSPS) is 10.8. The van der Waals surface area contributed by atoms with Gasteiger partial charge in [-0.2, -0.15) is 0 Å². The van der Waals surface area contributed by atoms with Gasteiger partial charge in [0.05, 0.1) is 6.54 Å². The molecule has 0 fully saturated rings. The van der Waals surface area contributed by atoms with E-state index in [1.165, 1.54) is 11.6 Å². The molecule has 0 radical (unpaired) electrons. The molecule has 0 bridgehead atoms. The zero-order chi connectivity index (χ0) is 14.2. The molecule has 2 rings (SSSR count). The predicted octanol–water partition coefficient (Wildman–Crippen LogP) is 2.32. The number of nitrogens with one attached hydrogen (secondary N) is 1. The van der Waals surface area contributed by atoms with Crippen LogP contribution in [0.2, 0.25) is 0 Å². The SMILES string of the molecule is C/C=C/C(=O)NCc1nccn1CCc1ccccc1. The van der Waals surface area contributed by atoms with Crippen LogP contribution in [0.4, 0.5) is 0 Å². The monoisotopic (exact) mass is 269 g/mol. The molecule has 4 nitrogen and oxygen atoms in total. The standard InChI is InChI=1S/C16H19N3O/c1-2-6-16(20)18-13-15-17-10-12-19(15)11-9-14-7-4-3-5-8-14/h2-8,10,12H,9,11,13H2,1H3,(H,18,20)/b6-2+. The summed E-state index contributed by atoms with van der Waals surface area (Å²) in [5, 5.41) is 2.82. The van der Waals surface area contributed by atoms with E-state index in [1.807, 2.05) is 31.3 Å². The van der Waals surface area contributed by atoms with Crippen LogP contribution in [0, 0.1) is 0 Å². The van der Waals surface area contributed by atoms with Gasteiger partial charge in [0.25, 0.3) is 0 Å². The molecule has 20 heavy (non-hydrogen) atoms. The van der Waals surface area contributed by atoms with Crippen LogP contribution in [0.25, 0.3) is 0 Å². The van der Waals surface area contributed by atoms with Gasteiger partial charge < -0.3 is 9.88 Å². The summed E-state index contributed by atoms with van der Waals surface area (Å²) in [5.74, 6) is 0.781. The van der Waals surface area contributed by atoms with E-state index in [4.69, 9.17) is 0 Å². The second-order valence-corrected chi connectivity index (χ2v) is 4.49. The molecule has 0 aliphatic heterocycles. The summed E-state index contributed by atoms with van der Waals surface area (Å²) in [4.78, 5) is 15.7. The number of allylic oxidation sites excluding steroid dienone is 1. The summed E-state index contributed by atoms with van der Waals surface area (Å²) in [5.41, 5.74) is 1.30. The van der Waals surface area contributed by atoms with Gasteiger partial charge in [0, 0.05) is 18.9 Å². The van der Waals surface area contributed by atoms with E-state index in [-0.39, 0.29) is 5.91 Å². The molecule has 0 aliphatic rings. The van der Waals surface area contributed by atoms with E-state index >= 15 is 0 Å². The Hall–Kier alpha value is -2.36. The van der Waals surface area contributed by atoms with E-state index < -0.39 is 0 Å². The lowest BCUT2D eigenvalue weighted by Gasteiger charge is -2.08. The van der Waals surface area contributed by atoms with Crippen LogP contribution in [0.15, 0.2) is 54.9 Å². The number of hydrogen-bond acceptors (Lipinski definition) is 2. The maximum atomic E-state index is 11.4. The van der Waals surface area contributed by atoms with Crippen LogP contribution in [0.1, 0.15) is 18.3 Å². The van der Waals surface area contributed by atoms with Crippen LogP contribution < -0.4 is 5.32 Å². The van der Waals surface area contributed by atoms with Crippen molar-refractivity contribution in [2.45, 2.75) is 26.4 Å². The highest BCUT2D eigenvalue weighted by Gasteiger charge is 2.04. The molecule has 0 saturated carbocycles. The van der Waals surface area contributed by atoms with Crippen molar-refractivity contribution in [3.05, 3.63) is 66.3 Å². The number of aromatic nitrogens is 2. The number of benzene rings is 1. The highest BCUT2D eigenvalue weighted by Crippen LogP contribution is 2.04. The first-order chi connectivity index (χ1) is 9.79. The fraction of sp³-hybridized carbons (Fsp3) is 0.250. The zero-order valence-corrected chi connectivity index (χ0v) is 11.6. The first kappa shape index (κ1) is 14.1. The van der Waals surface area contributed by atoms with Crippen LogP contribution in [-0.4, -0.2) is 15.5 Å². The first-order valence-electron chi connectivity index (χ1n) is 6.74. The fourth-order valence-corrected chi connectivity index (χ4v) is 1.98. The minimum atomic E-state index is -0.0925. The Morgan fingerprint density at radius 3 is 2.90 bits per heavy atom. The molecule has 0 unspecified atom stereocenters. The smallest absolute Gasteiger partial charge is 0.244 e. The zero-order valence-electron chi connectivity index (χ0n) is 11.6. The number of hydrogen-bond donors (Lipinski definition) is 1. The number of imidazole rings is 1. The number of aryl methyl sites for hydroxylation is 2. The van der Waals surface area contributed by atoms with Crippen LogP contribution in [0.3, 0.4) is 0 Å². The highest BCUT2D eigenvalue weighted by molar-refractivity contribution is 5.87. The maximum absolute atomic E-state index is 11.4. The second-order valence-electron chi connectivity index (χ2n) is 4.49. The fourth-order valence-electron chi connectivity index (χ4n) is 1.98. The van der Waals surface area contributed by atoms with Gasteiger partial charge in [-0.05, 0) is 25.0 Å².